The highest BCUT2D eigenvalue weighted by Crippen LogP contribution is 2.19. The van der Waals surface area contributed by atoms with E-state index in [4.69, 9.17) is 16.3 Å². The highest BCUT2D eigenvalue weighted by atomic mass is 35.5. The molecule has 0 aromatic carbocycles. The Kier molecular flexibility index (Phi) is 12.2. The number of hydrogen-bond donors (Lipinski definition) is 1. The average molecular weight is 402 g/mol. The molecule has 0 bridgehead atoms. The number of carbonyl (C=O) groups is 1. The van der Waals surface area contributed by atoms with Crippen LogP contribution in [0, 0.1) is 0 Å². The molecule has 1 saturated heterocycles. The van der Waals surface area contributed by atoms with Gasteiger partial charge in [0.05, 0.1) is 18.1 Å². The maximum Gasteiger partial charge on any atom is 0.410 e. The van der Waals surface area contributed by atoms with Gasteiger partial charge in [0.15, 0.2) is 0 Å². The Labute approximate surface area is 169 Å². The third-order valence-corrected chi connectivity index (χ3v) is 4.02. The lowest BCUT2D eigenvalue weighted by molar-refractivity contribution is 0.0152. The summed E-state index contributed by atoms with van der Waals surface area (Å²) in [6, 6.07) is 0.422. The summed E-state index contributed by atoms with van der Waals surface area (Å²) >= 11 is 5.75. The first kappa shape index (κ1) is 25.6. The van der Waals surface area contributed by atoms with Crippen LogP contribution in [0.25, 0.3) is 0 Å². The fraction of sp³-hybridized carbons (Fsp3) is 0.737. The number of likely N-dealkylation sites (tertiary alicyclic amines) is 1. The molecular weight excluding hydrogens is 366 g/mol. The predicted molar refractivity (Wildman–Crippen MR) is 111 cm³/mol. The Hall–Kier alpha value is -1.44. The van der Waals surface area contributed by atoms with E-state index in [1.807, 2.05) is 34.6 Å². The lowest BCUT2D eigenvalue weighted by Crippen LogP contribution is -2.46. The number of piperidine rings is 1. The van der Waals surface area contributed by atoms with Crippen molar-refractivity contribution in [3.8, 4) is 0 Å². The average Bonchev–Trinajstić information content (AvgIpc) is 2.65. The topological polar surface area (TPSA) is 84.6 Å². The van der Waals surface area contributed by atoms with Crippen molar-refractivity contribution in [2.75, 3.05) is 27.2 Å². The highest BCUT2D eigenvalue weighted by Gasteiger charge is 2.28. The van der Waals surface area contributed by atoms with Gasteiger partial charge >= 0.3 is 6.09 Å². The molecule has 27 heavy (non-hydrogen) atoms. The van der Waals surface area contributed by atoms with Crippen LogP contribution in [0.2, 0.25) is 5.15 Å². The summed E-state index contributed by atoms with van der Waals surface area (Å²) in [5.74, 6) is 0. The Balaban J connectivity index is 0.00000158. The van der Waals surface area contributed by atoms with Crippen LogP contribution in [0.5, 0.6) is 0 Å². The molecular formula is C19H36ClN5O2. The highest BCUT2D eigenvalue weighted by molar-refractivity contribution is 6.29. The smallest absolute Gasteiger partial charge is 0.410 e. The van der Waals surface area contributed by atoms with Gasteiger partial charge in [-0.25, -0.2) is 9.78 Å². The minimum atomic E-state index is -0.446. The van der Waals surface area contributed by atoms with Crippen LogP contribution in [0.1, 0.15) is 53.2 Å². The zero-order valence-electron chi connectivity index (χ0n) is 17.8. The third kappa shape index (κ3) is 9.89. The van der Waals surface area contributed by atoms with Gasteiger partial charge in [0, 0.05) is 25.7 Å². The molecule has 1 aromatic heterocycles. The van der Waals surface area contributed by atoms with Gasteiger partial charge in [-0.15, -0.1) is 0 Å². The summed E-state index contributed by atoms with van der Waals surface area (Å²) in [7, 11) is 3.57. The lowest BCUT2D eigenvalue weighted by atomic mass is 10.0. The molecule has 156 valence electrons. The zero-order chi connectivity index (χ0) is 21.0. The summed E-state index contributed by atoms with van der Waals surface area (Å²) in [6.45, 7) is 11.8. The molecule has 0 unspecified atom stereocenters. The lowest BCUT2D eigenvalue weighted by Gasteiger charge is -2.37. The van der Waals surface area contributed by atoms with Crippen LogP contribution in [-0.2, 0) is 11.3 Å². The Morgan fingerprint density at radius 3 is 2.26 bits per heavy atom. The van der Waals surface area contributed by atoms with Gasteiger partial charge in [-0.1, -0.05) is 25.4 Å². The Morgan fingerprint density at radius 2 is 1.81 bits per heavy atom. The number of aromatic nitrogens is 2. The SMILES string of the molecule is CC.CN.CN(Cc1cnc(Cl)cn1)C1CCN(C(=O)OC(C)(C)C)CC1. The van der Waals surface area contributed by atoms with E-state index in [-0.39, 0.29) is 6.09 Å². The van der Waals surface area contributed by atoms with Crippen molar-refractivity contribution in [2.45, 2.75) is 65.6 Å². The summed E-state index contributed by atoms with van der Waals surface area (Å²) in [6.07, 6.45) is 4.90. The van der Waals surface area contributed by atoms with E-state index in [0.717, 1.165) is 38.2 Å². The summed E-state index contributed by atoms with van der Waals surface area (Å²) in [4.78, 5) is 24.4. The second-order valence-electron chi connectivity index (χ2n) is 6.94. The van der Waals surface area contributed by atoms with Gasteiger partial charge in [0.2, 0.25) is 0 Å². The molecule has 1 aliphatic rings. The minimum absolute atomic E-state index is 0.220. The van der Waals surface area contributed by atoms with Crippen LogP contribution < -0.4 is 5.73 Å². The molecule has 1 aromatic rings. The second kappa shape index (κ2) is 12.9. The number of halogens is 1. The van der Waals surface area contributed by atoms with E-state index in [1.165, 1.54) is 7.05 Å². The first-order valence-corrected chi connectivity index (χ1v) is 9.85. The molecule has 2 N–H and O–H groups in total. The molecule has 2 rings (SSSR count). The fourth-order valence-corrected chi connectivity index (χ4v) is 2.72. The standard InChI is InChI=1S/C16H25ClN4O2.C2H6.CH5N/c1-16(2,3)23-15(22)21-7-5-13(6-8-21)20(4)11-12-9-19-14(17)10-18-12;2*1-2/h9-10,13H,5-8,11H2,1-4H3;1-2H3;2H2,1H3. The van der Waals surface area contributed by atoms with E-state index in [1.54, 1.807) is 17.3 Å². The van der Waals surface area contributed by atoms with Crippen molar-refractivity contribution < 1.29 is 9.53 Å². The van der Waals surface area contributed by atoms with E-state index in [2.05, 4.69) is 27.6 Å². The molecule has 7 nitrogen and oxygen atoms in total. The minimum Gasteiger partial charge on any atom is -0.444 e. The number of nitrogens with two attached hydrogens (primary N) is 1. The first-order chi connectivity index (χ1) is 12.7. The van der Waals surface area contributed by atoms with Gasteiger partial charge in [0.25, 0.3) is 0 Å². The molecule has 0 saturated carbocycles. The van der Waals surface area contributed by atoms with Crippen molar-refractivity contribution in [3.05, 3.63) is 23.2 Å². The molecule has 0 radical (unpaired) electrons. The van der Waals surface area contributed by atoms with Crippen LogP contribution in [-0.4, -0.2) is 64.7 Å². The molecule has 1 fully saturated rings. The first-order valence-electron chi connectivity index (χ1n) is 9.47. The van der Waals surface area contributed by atoms with Crippen LogP contribution in [0.3, 0.4) is 0 Å². The summed E-state index contributed by atoms with van der Waals surface area (Å²) < 4.78 is 5.42. The maximum atomic E-state index is 12.1. The van der Waals surface area contributed by atoms with Crippen LogP contribution in [0.15, 0.2) is 12.4 Å². The Bertz CT molecular complexity index is 526. The predicted octanol–water partition coefficient (Wildman–Crippen LogP) is 3.56. The van der Waals surface area contributed by atoms with Gasteiger partial charge in [-0.3, -0.25) is 9.88 Å². The van der Waals surface area contributed by atoms with Crippen molar-refractivity contribution >= 4 is 17.7 Å². The monoisotopic (exact) mass is 401 g/mol. The quantitative estimate of drug-likeness (QED) is 0.833. The number of ether oxygens (including phenoxy) is 1. The normalized spacial score (nSPS) is 14.7. The van der Waals surface area contributed by atoms with Crippen LogP contribution in [0.4, 0.5) is 4.79 Å². The van der Waals surface area contributed by atoms with Gasteiger partial charge in [0.1, 0.15) is 10.8 Å². The molecule has 0 spiro atoms. The molecule has 0 aliphatic carbocycles. The molecule has 2 heterocycles. The maximum absolute atomic E-state index is 12.1. The van der Waals surface area contributed by atoms with Crippen molar-refractivity contribution in [3.63, 3.8) is 0 Å². The van der Waals surface area contributed by atoms with E-state index in [9.17, 15) is 4.79 Å². The summed E-state index contributed by atoms with van der Waals surface area (Å²) in [5, 5.41) is 0.405. The number of amides is 1. The van der Waals surface area contributed by atoms with Crippen LogP contribution >= 0.6 is 11.6 Å². The number of hydrogen-bond acceptors (Lipinski definition) is 6. The van der Waals surface area contributed by atoms with Crippen molar-refractivity contribution in [1.82, 2.24) is 19.8 Å². The van der Waals surface area contributed by atoms with Gasteiger partial charge in [-0.2, -0.15) is 0 Å². The number of rotatable bonds is 3. The molecule has 1 aliphatic heterocycles. The second-order valence-corrected chi connectivity index (χ2v) is 7.33. The largest absolute Gasteiger partial charge is 0.444 e. The fourth-order valence-electron chi connectivity index (χ4n) is 2.62. The third-order valence-electron chi connectivity index (χ3n) is 3.82. The van der Waals surface area contributed by atoms with E-state index in [0.29, 0.717) is 11.2 Å². The number of carbonyl (C=O) groups excluding carboxylic acids is 1. The zero-order valence-corrected chi connectivity index (χ0v) is 18.6. The number of nitrogens with zero attached hydrogens (tertiary/aromatic N) is 4. The van der Waals surface area contributed by atoms with Crippen molar-refractivity contribution in [2.24, 2.45) is 5.73 Å². The molecule has 8 heteroatoms. The Morgan fingerprint density at radius 1 is 1.26 bits per heavy atom. The van der Waals surface area contributed by atoms with Gasteiger partial charge in [-0.05, 0) is 47.7 Å². The molecule has 1 amide bonds. The van der Waals surface area contributed by atoms with Crippen molar-refractivity contribution in [1.29, 1.82) is 0 Å². The van der Waals surface area contributed by atoms with E-state index >= 15 is 0 Å². The molecule has 0 atom stereocenters. The van der Waals surface area contributed by atoms with E-state index < -0.39 is 5.60 Å². The van der Waals surface area contributed by atoms with Gasteiger partial charge < -0.3 is 15.4 Å². The summed E-state index contributed by atoms with van der Waals surface area (Å²) in [5.41, 5.74) is 4.95.